The van der Waals surface area contributed by atoms with Crippen LogP contribution in [0.5, 0.6) is 0 Å². The Balaban J connectivity index is 1.95. The molecule has 3 aromatic rings. The monoisotopic (exact) mass is 291 g/mol. The number of hydrogen-bond donors (Lipinski definition) is 1. The van der Waals surface area contributed by atoms with Crippen molar-refractivity contribution in [3.63, 3.8) is 0 Å². The van der Waals surface area contributed by atoms with Crippen LogP contribution in [-0.2, 0) is 0 Å². The van der Waals surface area contributed by atoms with E-state index in [1.807, 2.05) is 30.6 Å². The van der Waals surface area contributed by atoms with Gasteiger partial charge in [-0.05, 0) is 53.8 Å². The number of pyridine rings is 2. The second-order valence-electron chi connectivity index (χ2n) is 6.12. The average Bonchev–Trinajstić information content (AvgIpc) is 2.54. The number of aromatic nitrogens is 2. The van der Waals surface area contributed by atoms with Crippen LogP contribution in [0.4, 0.5) is 0 Å². The van der Waals surface area contributed by atoms with Crippen LogP contribution >= 0.6 is 0 Å². The van der Waals surface area contributed by atoms with Crippen LogP contribution in [0.2, 0.25) is 0 Å². The molecule has 0 aliphatic heterocycles. The van der Waals surface area contributed by atoms with E-state index in [1.54, 1.807) is 0 Å². The van der Waals surface area contributed by atoms with Crippen molar-refractivity contribution in [3.8, 4) is 11.1 Å². The minimum atomic E-state index is 0.00396. The lowest BCUT2D eigenvalue weighted by molar-refractivity contribution is 0.503. The first-order valence-electron chi connectivity index (χ1n) is 7.70. The number of benzene rings is 1. The molecule has 0 aliphatic rings. The summed E-state index contributed by atoms with van der Waals surface area (Å²) in [5, 5.41) is 1.13. The maximum absolute atomic E-state index is 6.24. The Kier molecular flexibility index (Phi) is 4.16. The summed E-state index contributed by atoms with van der Waals surface area (Å²) >= 11 is 0. The second kappa shape index (κ2) is 6.24. The summed E-state index contributed by atoms with van der Waals surface area (Å²) < 4.78 is 0. The lowest BCUT2D eigenvalue weighted by Crippen LogP contribution is -2.14. The third kappa shape index (κ3) is 3.15. The Hall–Kier alpha value is -2.26. The molecule has 0 saturated carbocycles. The third-order valence-corrected chi connectivity index (χ3v) is 3.83. The predicted molar refractivity (Wildman–Crippen MR) is 91.4 cm³/mol. The van der Waals surface area contributed by atoms with Crippen LogP contribution in [0.1, 0.15) is 32.0 Å². The van der Waals surface area contributed by atoms with Gasteiger partial charge in [0.1, 0.15) is 0 Å². The Morgan fingerprint density at radius 1 is 0.955 bits per heavy atom. The predicted octanol–water partition coefficient (Wildman–Crippen LogP) is 4.34. The molecule has 1 aromatic carbocycles. The van der Waals surface area contributed by atoms with E-state index in [2.05, 4.69) is 43.1 Å². The van der Waals surface area contributed by atoms with Crippen LogP contribution in [0.3, 0.4) is 0 Å². The first-order chi connectivity index (χ1) is 10.6. The highest BCUT2D eigenvalue weighted by Gasteiger charge is 2.10. The molecule has 0 amide bonds. The van der Waals surface area contributed by atoms with Crippen molar-refractivity contribution in [3.05, 3.63) is 60.6 Å². The average molecular weight is 291 g/mol. The first-order valence-corrected chi connectivity index (χ1v) is 7.70. The standard InChI is InChI=1S/C19H21N3/c1-13(2)11-17(20)19-6-4-16-12-15(3-5-18(16)22-19)14-7-9-21-10-8-14/h3-10,12-13,17H,11,20H2,1-2H3. The van der Waals surface area contributed by atoms with Gasteiger partial charge in [-0.15, -0.1) is 0 Å². The van der Waals surface area contributed by atoms with Crippen LogP contribution in [0, 0.1) is 5.92 Å². The smallest absolute Gasteiger partial charge is 0.0706 e. The van der Waals surface area contributed by atoms with E-state index in [9.17, 15) is 0 Å². The van der Waals surface area contributed by atoms with E-state index in [0.717, 1.165) is 28.6 Å². The zero-order valence-electron chi connectivity index (χ0n) is 13.0. The van der Waals surface area contributed by atoms with Gasteiger partial charge in [0.05, 0.1) is 11.2 Å². The van der Waals surface area contributed by atoms with Gasteiger partial charge in [0.25, 0.3) is 0 Å². The van der Waals surface area contributed by atoms with Gasteiger partial charge < -0.3 is 5.73 Å². The van der Waals surface area contributed by atoms with Crippen molar-refractivity contribution < 1.29 is 0 Å². The van der Waals surface area contributed by atoms with Gasteiger partial charge in [-0.3, -0.25) is 9.97 Å². The SMILES string of the molecule is CC(C)CC(N)c1ccc2cc(-c3ccncc3)ccc2n1. The van der Waals surface area contributed by atoms with Crippen LogP contribution in [0.25, 0.3) is 22.0 Å². The Labute approximate surface area is 131 Å². The van der Waals surface area contributed by atoms with Crippen molar-refractivity contribution in [1.82, 2.24) is 9.97 Å². The zero-order valence-corrected chi connectivity index (χ0v) is 13.0. The fraction of sp³-hybridized carbons (Fsp3) is 0.263. The highest BCUT2D eigenvalue weighted by Crippen LogP contribution is 2.25. The molecule has 0 saturated heterocycles. The molecule has 3 heteroatoms. The number of nitrogens with two attached hydrogens (primary N) is 1. The summed E-state index contributed by atoms with van der Waals surface area (Å²) in [6, 6.07) is 14.5. The van der Waals surface area contributed by atoms with Crippen molar-refractivity contribution >= 4 is 10.9 Å². The molecule has 3 rings (SSSR count). The summed E-state index contributed by atoms with van der Waals surface area (Å²) in [6.07, 6.45) is 4.57. The third-order valence-electron chi connectivity index (χ3n) is 3.83. The topological polar surface area (TPSA) is 51.8 Å². The van der Waals surface area contributed by atoms with Crippen molar-refractivity contribution in [2.75, 3.05) is 0 Å². The van der Waals surface area contributed by atoms with Gasteiger partial charge in [0.15, 0.2) is 0 Å². The maximum atomic E-state index is 6.24. The molecule has 22 heavy (non-hydrogen) atoms. The molecule has 0 radical (unpaired) electrons. The number of hydrogen-bond acceptors (Lipinski definition) is 3. The molecule has 2 aromatic heterocycles. The Morgan fingerprint density at radius 3 is 2.45 bits per heavy atom. The second-order valence-corrected chi connectivity index (χ2v) is 6.12. The summed E-state index contributed by atoms with van der Waals surface area (Å²) in [7, 11) is 0. The Bertz CT molecular complexity index is 766. The number of rotatable bonds is 4. The van der Waals surface area contributed by atoms with Gasteiger partial charge in [-0.1, -0.05) is 26.0 Å². The van der Waals surface area contributed by atoms with E-state index in [1.165, 1.54) is 5.56 Å². The van der Waals surface area contributed by atoms with Crippen LogP contribution < -0.4 is 5.73 Å². The molecule has 0 fully saturated rings. The van der Waals surface area contributed by atoms with Crippen molar-refractivity contribution in [1.29, 1.82) is 0 Å². The molecule has 0 spiro atoms. The first kappa shape index (κ1) is 14.7. The largest absolute Gasteiger partial charge is 0.323 e. The molecule has 1 unspecified atom stereocenters. The van der Waals surface area contributed by atoms with Crippen molar-refractivity contribution in [2.45, 2.75) is 26.3 Å². The summed E-state index contributed by atoms with van der Waals surface area (Å²) in [5.41, 5.74) is 10.5. The van der Waals surface area contributed by atoms with E-state index in [-0.39, 0.29) is 6.04 Å². The van der Waals surface area contributed by atoms with Gasteiger partial charge in [-0.25, -0.2) is 0 Å². The van der Waals surface area contributed by atoms with Crippen LogP contribution in [0.15, 0.2) is 54.9 Å². The highest BCUT2D eigenvalue weighted by atomic mass is 14.8. The molecule has 3 nitrogen and oxygen atoms in total. The van der Waals surface area contributed by atoms with Crippen molar-refractivity contribution in [2.24, 2.45) is 11.7 Å². The maximum Gasteiger partial charge on any atom is 0.0706 e. The molecule has 0 bridgehead atoms. The van der Waals surface area contributed by atoms with Gasteiger partial charge in [-0.2, -0.15) is 0 Å². The molecule has 2 heterocycles. The van der Waals surface area contributed by atoms with Gasteiger partial charge >= 0.3 is 0 Å². The summed E-state index contributed by atoms with van der Waals surface area (Å²) in [4.78, 5) is 8.79. The van der Waals surface area contributed by atoms with E-state index in [0.29, 0.717) is 5.92 Å². The number of nitrogens with zero attached hydrogens (tertiary/aromatic N) is 2. The number of fused-ring (bicyclic) bond motifs is 1. The minimum Gasteiger partial charge on any atom is -0.323 e. The van der Waals surface area contributed by atoms with E-state index < -0.39 is 0 Å². The van der Waals surface area contributed by atoms with Gasteiger partial charge in [0.2, 0.25) is 0 Å². The van der Waals surface area contributed by atoms with E-state index in [4.69, 9.17) is 10.7 Å². The molecule has 0 aliphatic carbocycles. The molecular weight excluding hydrogens is 270 g/mol. The van der Waals surface area contributed by atoms with Crippen LogP contribution in [-0.4, -0.2) is 9.97 Å². The minimum absolute atomic E-state index is 0.00396. The summed E-state index contributed by atoms with van der Waals surface area (Å²) in [5.74, 6) is 0.571. The van der Waals surface area contributed by atoms with E-state index >= 15 is 0 Å². The Morgan fingerprint density at radius 2 is 1.73 bits per heavy atom. The molecule has 112 valence electrons. The lowest BCUT2D eigenvalue weighted by atomic mass is 10.00. The fourth-order valence-corrected chi connectivity index (χ4v) is 2.70. The highest BCUT2D eigenvalue weighted by molar-refractivity contribution is 5.84. The van der Waals surface area contributed by atoms with Gasteiger partial charge in [0, 0.05) is 23.8 Å². The molecule has 1 atom stereocenters. The lowest BCUT2D eigenvalue weighted by Gasteiger charge is -2.14. The molecule has 2 N–H and O–H groups in total. The normalized spacial score (nSPS) is 12.7. The molecular formula is C19H21N3. The quantitative estimate of drug-likeness (QED) is 0.777. The zero-order chi connectivity index (χ0) is 15.5. The fourth-order valence-electron chi connectivity index (χ4n) is 2.70. The summed E-state index contributed by atoms with van der Waals surface area (Å²) in [6.45, 7) is 4.36.